The highest BCUT2D eigenvalue weighted by Gasteiger charge is 2.16. The van der Waals surface area contributed by atoms with Gasteiger partial charge in [-0.05, 0) is 48.0 Å². The first-order valence-electron chi connectivity index (χ1n) is 5.68. The maximum Gasteiger partial charge on any atom is 0.307 e. The van der Waals surface area contributed by atoms with Crippen molar-refractivity contribution >= 4 is 33.2 Å². The second-order valence-electron chi connectivity index (χ2n) is 4.16. The minimum Gasteiger partial charge on any atom is -0.481 e. The smallest absolute Gasteiger partial charge is 0.307 e. The van der Waals surface area contributed by atoms with Crippen LogP contribution in [0.5, 0.6) is 0 Å². The van der Waals surface area contributed by atoms with Gasteiger partial charge in [-0.3, -0.25) is 4.79 Å². The predicted molar refractivity (Wildman–Crippen MR) is 74.6 cm³/mol. The van der Waals surface area contributed by atoms with Gasteiger partial charge in [0.05, 0.1) is 9.70 Å². The molecule has 1 N–H and O–H groups in total. The predicted octanol–water partition coefficient (Wildman–Crippen LogP) is 3.10. The van der Waals surface area contributed by atoms with Crippen LogP contribution in [-0.2, 0) is 11.2 Å². The van der Waals surface area contributed by atoms with E-state index in [0.29, 0.717) is 13.0 Å². The molecule has 17 heavy (non-hydrogen) atoms. The number of thiophene rings is 1. The highest BCUT2D eigenvalue weighted by molar-refractivity contribution is 9.11. The van der Waals surface area contributed by atoms with Crippen molar-refractivity contribution in [2.75, 3.05) is 20.1 Å². The SMILES string of the molecule is CCC(CN(C)CCc1ccc(Br)s1)C(=O)O. The minimum atomic E-state index is -0.696. The van der Waals surface area contributed by atoms with Crippen LogP contribution < -0.4 is 0 Å². The molecule has 5 heteroatoms. The van der Waals surface area contributed by atoms with Crippen molar-refractivity contribution in [3.05, 3.63) is 20.8 Å². The first-order valence-corrected chi connectivity index (χ1v) is 7.29. The van der Waals surface area contributed by atoms with Gasteiger partial charge in [-0.15, -0.1) is 11.3 Å². The molecule has 0 aliphatic carbocycles. The molecule has 0 radical (unpaired) electrons. The fourth-order valence-electron chi connectivity index (χ4n) is 1.64. The van der Waals surface area contributed by atoms with Gasteiger partial charge < -0.3 is 10.0 Å². The van der Waals surface area contributed by atoms with Gasteiger partial charge in [-0.2, -0.15) is 0 Å². The van der Waals surface area contributed by atoms with Gasteiger partial charge in [-0.25, -0.2) is 0 Å². The first-order chi connectivity index (χ1) is 8.02. The molecule has 1 aromatic heterocycles. The lowest BCUT2D eigenvalue weighted by Gasteiger charge is -2.20. The third-order valence-corrected chi connectivity index (χ3v) is 4.43. The number of hydrogen-bond donors (Lipinski definition) is 1. The number of carboxylic acids is 1. The number of hydrogen-bond acceptors (Lipinski definition) is 3. The Morgan fingerprint density at radius 2 is 2.29 bits per heavy atom. The molecule has 0 bridgehead atoms. The summed E-state index contributed by atoms with van der Waals surface area (Å²) in [6.07, 6.45) is 1.66. The second kappa shape index (κ2) is 7.13. The van der Waals surface area contributed by atoms with Crippen LogP contribution in [-0.4, -0.2) is 36.1 Å². The Labute approximate surface area is 115 Å². The quantitative estimate of drug-likeness (QED) is 0.839. The Bertz CT molecular complexity index is 367. The molecule has 0 saturated heterocycles. The van der Waals surface area contributed by atoms with E-state index in [-0.39, 0.29) is 5.92 Å². The van der Waals surface area contributed by atoms with Crippen LogP contribution >= 0.6 is 27.3 Å². The van der Waals surface area contributed by atoms with E-state index in [1.54, 1.807) is 11.3 Å². The summed E-state index contributed by atoms with van der Waals surface area (Å²) in [4.78, 5) is 14.3. The van der Waals surface area contributed by atoms with Gasteiger partial charge in [-0.1, -0.05) is 6.92 Å². The van der Waals surface area contributed by atoms with Crippen molar-refractivity contribution in [3.8, 4) is 0 Å². The molecule has 1 unspecified atom stereocenters. The van der Waals surface area contributed by atoms with Crippen molar-refractivity contribution < 1.29 is 9.90 Å². The molecule has 0 aromatic carbocycles. The van der Waals surface area contributed by atoms with Gasteiger partial charge in [0.25, 0.3) is 0 Å². The normalized spacial score (nSPS) is 12.9. The number of carboxylic acid groups (broad SMARTS) is 1. The molecule has 3 nitrogen and oxygen atoms in total. The van der Waals surface area contributed by atoms with Gasteiger partial charge in [0.1, 0.15) is 0 Å². The number of aliphatic carboxylic acids is 1. The number of nitrogens with zero attached hydrogens (tertiary/aromatic N) is 1. The molecule has 1 heterocycles. The zero-order chi connectivity index (χ0) is 12.8. The molecule has 0 aliphatic rings. The fourth-order valence-corrected chi connectivity index (χ4v) is 3.11. The largest absolute Gasteiger partial charge is 0.481 e. The molecule has 0 aliphatic heterocycles. The zero-order valence-electron chi connectivity index (χ0n) is 10.1. The number of rotatable bonds is 7. The monoisotopic (exact) mass is 319 g/mol. The Balaban J connectivity index is 2.34. The Morgan fingerprint density at radius 3 is 2.76 bits per heavy atom. The molecule has 1 atom stereocenters. The van der Waals surface area contributed by atoms with E-state index < -0.39 is 5.97 Å². The average Bonchev–Trinajstić information content (AvgIpc) is 2.68. The van der Waals surface area contributed by atoms with Crippen LogP contribution in [0.2, 0.25) is 0 Å². The maximum atomic E-state index is 10.9. The Hall–Kier alpha value is -0.390. The Morgan fingerprint density at radius 1 is 1.59 bits per heavy atom. The summed E-state index contributed by atoms with van der Waals surface area (Å²) in [5.41, 5.74) is 0. The average molecular weight is 320 g/mol. The summed E-state index contributed by atoms with van der Waals surface area (Å²) in [5.74, 6) is -0.951. The van der Waals surface area contributed by atoms with Crippen LogP contribution in [0, 0.1) is 5.92 Å². The highest BCUT2D eigenvalue weighted by atomic mass is 79.9. The van der Waals surface area contributed by atoms with Crippen LogP contribution in [0.3, 0.4) is 0 Å². The lowest BCUT2D eigenvalue weighted by Crippen LogP contribution is -2.31. The summed E-state index contributed by atoms with van der Waals surface area (Å²) in [5, 5.41) is 8.98. The van der Waals surface area contributed by atoms with Crippen molar-refractivity contribution in [3.63, 3.8) is 0 Å². The van der Waals surface area contributed by atoms with Crippen molar-refractivity contribution in [1.82, 2.24) is 4.90 Å². The number of likely N-dealkylation sites (N-methyl/N-ethyl adjacent to an activating group) is 1. The first kappa shape index (κ1) is 14.7. The van der Waals surface area contributed by atoms with Gasteiger partial charge >= 0.3 is 5.97 Å². The molecule has 1 rings (SSSR count). The minimum absolute atomic E-state index is 0.255. The van der Waals surface area contributed by atoms with E-state index in [2.05, 4.69) is 26.9 Å². The van der Waals surface area contributed by atoms with Crippen LogP contribution in [0.1, 0.15) is 18.2 Å². The molecule has 0 saturated carbocycles. The van der Waals surface area contributed by atoms with Crippen LogP contribution in [0.15, 0.2) is 15.9 Å². The summed E-state index contributed by atoms with van der Waals surface area (Å²) in [6, 6.07) is 4.16. The van der Waals surface area contributed by atoms with Crippen molar-refractivity contribution in [2.45, 2.75) is 19.8 Å². The van der Waals surface area contributed by atoms with E-state index in [1.165, 1.54) is 4.88 Å². The fraction of sp³-hybridized carbons (Fsp3) is 0.583. The summed E-state index contributed by atoms with van der Waals surface area (Å²) >= 11 is 5.17. The van der Waals surface area contributed by atoms with Crippen molar-refractivity contribution in [2.24, 2.45) is 5.92 Å². The number of carbonyl (C=O) groups is 1. The van der Waals surface area contributed by atoms with E-state index in [4.69, 9.17) is 5.11 Å². The molecular weight excluding hydrogens is 302 g/mol. The van der Waals surface area contributed by atoms with Gasteiger partial charge in [0.2, 0.25) is 0 Å². The highest BCUT2D eigenvalue weighted by Crippen LogP contribution is 2.22. The van der Waals surface area contributed by atoms with E-state index in [0.717, 1.165) is 16.8 Å². The molecular formula is C12H18BrNO2S. The van der Waals surface area contributed by atoms with Crippen LogP contribution in [0.4, 0.5) is 0 Å². The van der Waals surface area contributed by atoms with E-state index in [9.17, 15) is 4.79 Å². The summed E-state index contributed by atoms with van der Waals surface area (Å²) in [6.45, 7) is 3.44. The molecule has 1 aromatic rings. The van der Waals surface area contributed by atoms with E-state index >= 15 is 0 Å². The molecule has 0 amide bonds. The van der Waals surface area contributed by atoms with Gasteiger partial charge in [0, 0.05) is 18.0 Å². The molecule has 0 fully saturated rings. The maximum absolute atomic E-state index is 10.9. The summed E-state index contributed by atoms with van der Waals surface area (Å²) in [7, 11) is 1.98. The Kier molecular flexibility index (Phi) is 6.16. The van der Waals surface area contributed by atoms with Gasteiger partial charge in [0.15, 0.2) is 0 Å². The zero-order valence-corrected chi connectivity index (χ0v) is 12.6. The lowest BCUT2D eigenvalue weighted by molar-refractivity contribution is -0.142. The molecule has 96 valence electrons. The summed E-state index contributed by atoms with van der Waals surface area (Å²) < 4.78 is 1.15. The second-order valence-corrected chi connectivity index (χ2v) is 6.71. The van der Waals surface area contributed by atoms with E-state index in [1.807, 2.05) is 20.0 Å². The molecule has 0 spiro atoms. The lowest BCUT2D eigenvalue weighted by atomic mass is 10.1. The standard InChI is InChI=1S/C12H18BrNO2S/c1-3-9(12(15)16)8-14(2)7-6-10-4-5-11(13)17-10/h4-5,9H,3,6-8H2,1-2H3,(H,15,16). The third-order valence-electron chi connectivity index (χ3n) is 2.74. The van der Waals surface area contributed by atoms with Crippen molar-refractivity contribution in [1.29, 1.82) is 0 Å². The third kappa shape index (κ3) is 5.19. The number of halogens is 1. The van der Waals surface area contributed by atoms with Crippen LogP contribution in [0.25, 0.3) is 0 Å². The topological polar surface area (TPSA) is 40.5 Å².